The smallest absolute Gasteiger partial charge is 0.282 e. The Morgan fingerprint density at radius 2 is 2.09 bits per heavy atom. The first-order chi connectivity index (χ1) is 5.20. The van der Waals surface area contributed by atoms with Crippen molar-refractivity contribution in [3.63, 3.8) is 0 Å². The zero-order valence-electron chi connectivity index (χ0n) is 6.74. The Labute approximate surface area is 64.4 Å². The molecule has 1 aliphatic rings. The normalized spacial score (nSPS) is 17.3. The van der Waals surface area contributed by atoms with Gasteiger partial charge in [-0.25, -0.2) is 9.48 Å². The molecule has 1 saturated carbocycles. The van der Waals surface area contributed by atoms with Crippen molar-refractivity contribution in [1.29, 1.82) is 0 Å². The molecule has 0 bridgehead atoms. The topological polar surface area (TPSA) is 39.8 Å². The van der Waals surface area contributed by atoms with Crippen LogP contribution in [0.5, 0.6) is 0 Å². The molecule has 11 heavy (non-hydrogen) atoms. The highest BCUT2D eigenvalue weighted by atomic mass is 16.2. The first kappa shape index (κ1) is 6.64. The Morgan fingerprint density at radius 3 is 2.45 bits per heavy atom. The fraction of sp³-hybridized carbons (Fsp3) is 0.714. The lowest BCUT2D eigenvalue weighted by Crippen LogP contribution is -2.20. The average molecular weight is 153 g/mol. The highest BCUT2D eigenvalue weighted by Gasteiger charge is 2.29. The second-order valence-corrected chi connectivity index (χ2v) is 3.10. The van der Waals surface area contributed by atoms with Crippen LogP contribution in [0.3, 0.4) is 0 Å². The van der Waals surface area contributed by atoms with Crippen LogP contribution >= 0.6 is 0 Å². The van der Waals surface area contributed by atoms with Gasteiger partial charge in [-0.1, -0.05) is 0 Å². The van der Waals surface area contributed by atoms with Gasteiger partial charge in [0.2, 0.25) is 0 Å². The van der Waals surface area contributed by atoms with Gasteiger partial charge < -0.3 is 0 Å². The number of rotatable bonds is 1. The van der Waals surface area contributed by atoms with Crippen LogP contribution in [0.25, 0.3) is 0 Å². The Bertz CT molecular complexity index is 332. The molecular formula is C7H11N3O. The van der Waals surface area contributed by atoms with Crippen molar-refractivity contribution in [1.82, 2.24) is 14.3 Å². The van der Waals surface area contributed by atoms with Crippen molar-refractivity contribution in [2.24, 2.45) is 14.1 Å². The van der Waals surface area contributed by atoms with Gasteiger partial charge in [0.05, 0.1) is 0 Å². The van der Waals surface area contributed by atoms with Gasteiger partial charge in [0.15, 0.2) is 0 Å². The molecule has 0 N–H and O–H groups in total. The number of nitrogens with zero attached hydrogens (tertiary/aromatic N) is 3. The molecule has 0 unspecified atom stereocenters. The van der Waals surface area contributed by atoms with Crippen molar-refractivity contribution in [3.8, 4) is 0 Å². The summed E-state index contributed by atoms with van der Waals surface area (Å²) in [7, 11) is 3.47. The van der Waals surface area contributed by atoms with E-state index >= 15 is 0 Å². The quantitative estimate of drug-likeness (QED) is 0.569. The van der Waals surface area contributed by atoms with Crippen LogP contribution in [-0.4, -0.2) is 14.3 Å². The van der Waals surface area contributed by atoms with Crippen LogP contribution in [0, 0.1) is 0 Å². The Morgan fingerprint density at radius 1 is 1.45 bits per heavy atom. The highest BCUT2D eigenvalue weighted by Crippen LogP contribution is 2.37. The standard InChI is InChI=1S/C7H11N3O/c1-9-6(5-3-4-5)8-10(2)7(9)11/h5H,3-4H2,1-2H3. The van der Waals surface area contributed by atoms with Crippen molar-refractivity contribution in [3.05, 3.63) is 16.3 Å². The van der Waals surface area contributed by atoms with Crippen LogP contribution < -0.4 is 5.69 Å². The molecule has 4 heteroatoms. The summed E-state index contributed by atoms with van der Waals surface area (Å²) >= 11 is 0. The molecule has 1 aromatic rings. The predicted molar refractivity (Wildman–Crippen MR) is 40.4 cm³/mol. The molecule has 1 heterocycles. The SMILES string of the molecule is Cn1nc(C2CC2)n(C)c1=O. The van der Waals surface area contributed by atoms with Crippen molar-refractivity contribution in [2.45, 2.75) is 18.8 Å². The van der Waals surface area contributed by atoms with Gasteiger partial charge in [-0.3, -0.25) is 4.57 Å². The maximum atomic E-state index is 11.2. The summed E-state index contributed by atoms with van der Waals surface area (Å²) in [6.07, 6.45) is 2.37. The monoisotopic (exact) mass is 153 g/mol. The summed E-state index contributed by atoms with van der Waals surface area (Å²) in [5.41, 5.74) is -0.0214. The second-order valence-electron chi connectivity index (χ2n) is 3.10. The average Bonchev–Trinajstić information content (AvgIpc) is 2.76. The molecule has 60 valence electrons. The zero-order valence-corrected chi connectivity index (χ0v) is 6.74. The summed E-state index contributed by atoms with van der Waals surface area (Å²) in [6, 6.07) is 0. The highest BCUT2D eigenvalue weighted by molar-refractivity contribution is 5.04. The molecule has 0 aliphatic heterocycles. The lowest BCUT2D eigenvalue weighted by atomic mass is 10.4. The molecular weight excluding hydrogens is 142 g/mol. The van der Waals surface area contributed by atoms with Crippen LogP contribution in [0.2, 0.25) is 0 Å². The van der Waals surface area contributed by atoms with Gasteiger partial charge in [-0.05, 0) is 12.8 Å². The number of hydrogen-bond acceptors (Lipinski definition) is 2. The molecule has 0 saturated heterocycles. The molecule has 1 fully saturated rings. The summed E-state index contributed by atoms with van der Waals surface area (Å²) in [6.45, 7) is 0. The van der Waals surface area contributed by atoms with E-state index in [2.05, 4.69) is 5.10 Å². The maximum absolute atomic E-state index is 11.2. The van der Waals surface area contributed by atoms with E-state index in [0.717, 1.165) is 5.82 Å². The van der Waals surface area contributed by atoms with Gasteiger partial charge in [0, 0.05) is 20.0 Å². The number of hydrogen-bond donors (Lipinski definition) is 0. The summed E-state index contributed by atoms with van der Waals surface area (Å²) in [5, 5.41) is 4.14. The van der Waals surface area contributed by atoms with Crippen LogP contribution in [0.15, 0.2) is 4.79 Å². The number of aryl methyl sites for hydroxylation is 1. The summed E-state index contributed by atoms with van der Waals surface area (Å²) in [5.74, 6) is 1.49. The molecule has 4 nitrogen and oxygen atoms in total. The van der Waals surface area contributed by atoms with E-state index in [1.54, 1.807) is 18.7 Å². The zero-order chi connectivity index (χ0) is 8.01. The van der Waals surface area contributed by atoms with Gasteiger partial charge >= 0.3 is 5.69 Å². The van der Waals surface area contributed by atoms with E-state index < -0.39 is 0 Å². The van der Waals surface area contributed by atoms with E-state index in [0.29, 0.717) is 5.92 Å². The maximum Gasteiger partial charge on any atom is 0.345 e. The van der Waals surface area contributed by atoms with Gasteiger partial charge in [-0.2, -0.15) is 5.10 Å². The van der Waals surface area contributed by atoms with Crippen LogP contribution in [-0.2, 0) is 14.1 Å². The minimum absolute atomic E-state index is 0.0214. The number of aromatic nitrogens is 3. The van der Waals surface area contributed by atoms with Crippen molar-refractivity contribution < 1.29 is 0 Å². The Kier molecular flexibility index (Phi) is 1.19. The first-order valence-electron chi connectivity index (χ1n) is 3.80. The minimum atomic E-state index is -0.0214. The van der Waals surface area contributed by atoms with Gasteiger partial charge in [0.25, 0.3) is 0 Å². The summed E-state index contributed by atoms with van der Waals surface area (Å²) in [4.78, 5) is 11.2. The van der Waals surface area contributed by atoms with E-state index in [9.17, 15) is 4.79 Å². The third-order valence-electron chi connectivity index (χ3n) is 2.10. The molecule has 0 aromatic carbocycles. The second kappa shape index (κ2) is 1.96. The fourth-order valence-electron chi connectivity index (χ4n) is 1.28. The van der Waals surface area contributed by atoms with Crippen molar-refractivity contribution >= 4 is 0 Å². The van der Waals surface area contributed by atoms with Crippen LogP contribution in [0.1, 0.15) is 24.6 Å². The largest absolute Gasteiger partial charge is 0.345 e. The first-order valence-corrected chi connectivity index (χ1v) is 3.80. The Balaban J connectivity index is 2.55. The lowest BCUT2D eigenvalue weighted by Gasteiger charge is -1.91. The van der Waals surface area contributed by atoms with E-state index in [1.165, 1.54) is 17.5 Å². The Hall–Kier alpha value is -1.06. The lowest BCUT2D eigenvalue weighted by molar-refractivity contribution is 0.712. The van der Waals surface area contributed by atoms with Gasteiger partial charge in [-0.15, -0.1) is 0 Å². The van der Waals surface area contributed by atoms with E-state index in [1.807, 2.05) is 0 Å². The summed E-state index contributed by atoms with van der Waals surface area (Å²) < 4.78 is 3.03. The fourth-order valence-corrected chi connectivity index (χ4v) is 1.28. The predicted octanol–water partition coefficient (Wildman–Crippen LogP) is -0.00380. The molecule has 0 radical (unpaired) electrons. The third kappa shape index (κ3) is 0.895. The molecule has 0 atom stereocenters. The molecule has 1 aliphatic carbocycles. The molecule has 2 rings (SSSR count). The molecule has 0 spiro atoms. The van der Waals surface area contributed by atoms with Crippen LogP contribution in [0.4, 0.5) is 0 Å². The van der Waals surface area contributed by atoms with Gasteiger partial charge in [0.1, 0.15) is 5.82 Å². The minimum Gasteiger partial charge on any atom is -0.282 e. The van der Waals surface area contributed by atoms with E-state index in [-0.39, 0.29) is 5.69 Å². The molecule has 0 amide bonds. The molecule has 1 aromatic heterocycles. The van der Waals surface area contributed by atoms with E-state index in [4.69, 9.17) is 0 Å². The van der Waals surface area contributed by atoms with Crippen molar-refractivity contribution in [2.75, 3.05) is 0 Å². The third-order valence-corrected chi connectivity index (χ3v) is 2.10.